The van der Waals surface area contributed by atoms with Crippen molar-refractivity contribution >= 4 is 19.7 Å². The predicted octanol–water partition coefficient (Wildman–Crippen LogP) is 5.60. The molecule has 33 heavy (non-hydrogen) atoms. The van der Waals surface area contributed by atoms with Crippen LogP contribution in [0.1, 0.15) is 34.3 Å². The molecule has 0 saturated carbocycles. The molecule has 0 radical (unpaired) electrons. The first-order chi connectivity index (χ1) is 15.9. The number of rotatable bonds is 11. The number of hydrogen-bond acceptors (Lipinski definition) is 4. The molecule has 0 aliphatic heterocycles. The Morgan fingerprint density at radius 1 is 0.909 bits per heavy atom. The Bertz CT molecular complexity index is 1040. The van der Waals surface area contributed by atoms with E-state index in [-0.39, 0.29) is 6.04 Å². The first kappa shape index (κ1) is 27.6. The summed E-state index contributed by atoms with van der Waals surface area (Å²) >= 11 is 1.82. The summed E-state index contributed by atoms with van der Waals surface area (Å²) < 4.78 is 34.2. The van der Waals surface area contributed by atoms with Gasteiger partial charge in [-0.1, -0.05) is 102 Å². The normalized spacial score (nSPS) is 12.9. The molecule has 2 unspecified atom stereocenters. The van der Waals surface area contributed by atoms with E-state index in [2.05, 4.69) is 50.9 Å². The zero-order valence-electron chi connectivity index (χ0n) is 18.7. The summed E-state index contributed by atoms with van der Waals surface area (Å²) in [6.45, 7) is 3.66. The maximum absolute atomic E-state index is 12.1. The van der Waals surface area contributed by atoms with Gasteiger partial charge in [0.25, 0.3) is 0 Å². The van der Waals surface area contributed by atoms with E-state index < -0.39 is 16.1 Å². The summed E-state index contributed by atoms with van der Waals surface area (Å²) in [5.41, 5.74) is 4.16. The third kappa shape index (κ3) is 10.0. The summed E-state index contributed by atoms with van der Waals surface area (Å²) in [6, 6.07) is 26.7. The first-order valence-electron chi connectivity index (χ1n) is 10.4. The number of benzene rings is 3. The summed E-state index contributed by atoms with van der Waals surface area (Å²) in [6.07, 6.45) is 1.13. The van der Waals surface area contributed by atoms with E-state index in [0.29, 0.717) is 19.8 Å². The Kier molecular flexibility index (Phi) is 12.2. The SMILES string of the molecule is Cc1ccc(COCCNC(c2ccccc2)C([N-]S(C)(=O)=O)c2ccccc2)cc1.[Cl][Ru+2]. The second-order valence-electron chi connectivity index (χ2n) is 7.57. The van der Waals surface area contributed by atoms with Gasteiger partial charge in [0.15, 0.2) is 0 Å². The van der Waals surface area contributed by atoms with Crippen LogP contribution in [0.3, 0.4) is 0 Å². The van der Waals surface area contributed by atoms with E-state index in [9.17, 15) is 8.42 Å². The van der Waals surface area contributed by atoms with Crippen LogP contribution in [0, 0.1) is 6.92 Å². The fourth-order valence-electron chi connectivity index (χ4n) is 3.40. The van der Waals surface area contributed by atoms with Crippen LogP contribution in [0.25, 0.3) is 4.72 Å². The summed E-state index contributed by atoms with van der Waals surface area (Å²) in [5, 5.41) is 3.47. The Morgan fingerprint density at radius 3 is 2.00 bits per heavy atom. The number of aryl methyl sites for hydroxylation is 1. The van der Waals surface area contributed by atoms with Crippen molar-refractivity contribution in [2.45, 2.75) is 25.6 Å². The van der Waals surface area contributed by atoms with Crippen LogP contribution in [0.15, 0.2) is 84.9 Å². The van der Waals surface area contributed by atoms with Crippen molar-refractivity contribution < 1.29 is 30.5 Å². The number of nitrogens with zero attached hydrogens (tertiary/aromatic N) is 1. The summed E-state index contributed by atoms with van der Waals surface area (Å²) in [7, 11) is 1.02. The van der Waals surface area contributed by atoms with Crippen molar-refractivity contribution in [3.8, 4) is 0 Å². The van der Waals surface area contributed by atoms with Crippen LogP contribution in [-0.4, -0.2) is 27.8 Å². The molecule has 3 rings (SSSR count). The zero-order chi connectivity index (χ0) is 24.1. The molecule has 0 saturated heterocycles. The van der Waals surface area contributed by atoms with Crippen LogP contribution in [-0.2, 0) is 38.7 Å². The molecular formula is C25H29ClN2O3RuS+. The topological polar surface area (TPSA) is 69.5 Å². The minimum absolute atomic E-state index is 0.304. The third-order valence-electron chi connectivity index (χ3n) is 4.92. The monoisotopic (exact) mass is 574 g/mol. The molecule has 0 fully saturated rings. The van der Waals surface area contributed by atoms with Gasteiger partial charge < -0.3 is 14.8 Å². The van der Waals surface area contributed by atoms with E-state index in [0.717, 1.165) is 22.9 Å². The van der Waals surface area contributed by atoms with Crippen molar-refractivity contribution in [1.82, 2.24) is 5.32 Å². The van der Waals surface area contributed by atoms with Gasteiger partial charge in [-0.25, -0.2) is 8.42 Å². The van der Waals surface area contributed by atoms with E-state index in [1.54, 1.807) is 0 Å². The average Bonchev–Trinajstić information content (AvgIpc) is 2.83. The second-order valence-corrected chi connectivity index (χ2v) is 9.25. The molecule has 3 aromatic rings. The van der Waals surface area contributed by atoms with Crippen molar-refractivity contribution in [2.75, 3.05) is 19.4 Å². The quantitative estimate of drug-likeness (QED) is 0.239. The molecule has 0 aliphatic carbocycles. The van der Waals surface area contributed by atoms with Gasteiger partial charge in [-0.05, 0) is 18.1 Å². The molecule has 1 N–H and O–H groups in total. The molecular weight excluding hydrogens is 545 g/mol. The summed E-state index contributed by atoms with van der Waals surface area (Å²) in [5.74, 6) is 0. The second kappa shape index (κ2) is 14.6. The molecule has 0 amide bonds. The maximum atomic E-state index is 12.1. The van der Waals surface area contributed by atoms with E-state index in [4.69, 9.17) is 4.74 Å². The molecule has 0 bridgehead atoms. The number of nitrogens with one attached hydrogen (secondary N) is 1. The van der Waals surface area contributed by atoms with Crippen LogP contribution in [0.4, 0.5) is 0 Å². The van der Waals surface area contributed by atoms with Crippen LogP contribution in [0.5, 0.6) is 0 Å². The fraction of sp³-hybridized carbons (Fsp3) is 0.280. The minimum atomic E-state index is -3.55. The van der Waals surface area contributed by atoms with Gasteiger partial charge in [0.05, 0.1) is 23.2 Å². The van der Waals surface area contributed by atoms with Gasteiger partial charge >= 0.3 is 27.0 Å². The molecule has 0 aromatic heterocycles. The Morgan fingerprint density at radius 2 is 1.45 bits per heavy atom. The number of sulfonamides is 1. The predicted molar refractivity (Wildman–Crippen MR) is 131 cm³/mol. The van der Waals surface area contributed by atoms with Gasteiger partial charge in [0.2, 0.25) is 0 Å². The van der Waals surface area contributed by atoms with Crippen molar-refractivity contribution in [3.05, 3.63) is 112 Å². The Labute approximate surface area is 211 Å². The molecule has 5 nitrogen and oxygen atoms in total. The van der Waals surface area contributed by atoms with Crippen LogP contribution >= 0.6 is 9.69 Å². The Balaban J connectivity index is 0.00000187. The molecule has 0 heterocycles. The number of halogens is 1. The third-order valence-corrected chi connectivity index (χ3v) is 5.53. The van der Waals surface area contributed by atoms with Crippen molar-refractivity contribution in [3.63, 3.8) is 0 Å². The van der Waals surface area contributed by atoms with Crippen molar-refractivity contribution in [1.29, 1.82) is 0 Å². The van der Waals surface area contributed by atoms with E-state index in [1.165, 1.54) is 5.56 Å². The van der Waals surface area contributed by atoms with Gasteiger partial charge in [-0.15, -0.1) is 0 Å². The van der Waals surface area contributed by atoms with Gasteiger partial charge in [-0.2, -0.15) is 0 Å². The van der Waals surface area contributed by atoms with Crippen molar-refractivity contribution in [2.24, 2.45) is 0 Å². The number of hydrogen-bond donors (Lipinski definition) is 1. The van der Waals surface area contributed by atoms with Gasteiger partial charge in [0.1, 0.15) is 0 Å². The van der Waals surface area contributed by atoms with Crippen LogP contribution < -0.4 is 5.32 Å². The molecule has 0 spiro atoms. The van der Waals surface area contributed by atoms with Crippen LogP contribution in [0.2, 0.25) is 0 Å². The molecule has 8 heteroatoms. The van der Waals surface area contributed by atoms with E-state index >= 15 is 0 Å². The Hall–Kier alpha value is -1.60. The van der Waals surface area contributed by atoms with E-state index in [1.807, 2.05) is 78.0 Å². The molecule has 177 valence electrons. The summed E-state index contributed by atoms with van der Waals surface area (Å²) in [4.78, 5) is 0. The molecule has 0 aliphatic rings. The fourth-order valence-corrected chi connectivity index (χ4v) is 4.06. The molecule has 3 aromatic carbocycles. The standard InChI is InChI=1S/C25H29N2O3S.ClH.Ru/c1-20-13-15-21(16-14-20)19-30-18-17-26-24(22-9-5-3-6-10-22)25(27-31(2,28)29)23-11-7-4-8-12-23;;/h3-16,24-26H,17-19H2,1-2H3;1H;/q-1;;+3/p-1. The van der Waals surface area contributed by atoms with Gasteiger partial charge in [0, 0.05) is 18.8 Å². The number of ether oxygens (including phenoxy) is 1. The van der Waals surface area contributed by atoms with Gasteiger partial charge in [-0.3, -0.25) is 0 Å². The zero-order valence-corrected chi connectivity index (χ0v) is 22.0. The average molecular weight is 574 g/mol. The molecule has 2 atom stereocenters. The first-order valence-corrected chi connectivity index (χ1v) is 14.5.